The Kier molecular flexibility index (Phi) is 9.64. The summed E-state index contributed by atoms with van der Waals surface area (Å²) in [5.74, 6) is 0. The van der Waals surface area contributed by atoms with Crippen molar-refractivity contribution >= 4 is 44.4 Å². The Labute approximate surface area is 88.5 Å². The number of hydrogen-bond donors (Lipinski definition) is 0. The second-order valence-corrected chi connectivity index (χ2v) is 25.8. The summed E-state index contributed by atoms with van der Waals surface area (Å²) in [6, 6.07) is 0. The van der Waals surface area contributed by atoms with Crippen molar-refractivity contribution in [1.82, 2.24) is 0 Å². The molecule has 0 aromatic rings. The van der Waals surface area contributed by atoms with Crippen molar-refractivity contribution in [3.63, 3.8) is 0 Å². The Hall–Kier alpha value is 1.73. The van der Waals surface area contributed by atoms with Crippen LogP contribution < -0.4 is 0 Å². The molecule has 3 heteroatoms. The molecule has 0 rings (SSSR count). The van der Waals surface area contributed by atoms with Gasteiger partial charge in [-0.3, -0.25) is 0 Å². The van der Waals surface area contributed by atoms with Crippen LogP contribution in [0.4, 0.5) is 0 Å². The van der Waals surface area contributed by atoms with Crippen molar-refractivity contribution in [2.24, 2.45) is 0 Å². The van der Waals surface area contributed by atoms with E-state index in [1.54, 1.807) is 0 Å². The molecular weight excluding hydrogens is 530 g/mol. The Morgan fingerprint density at radius 2 is 1.00 bits per heavy atom. The van der Waals surface area contributed by atoms with Crippen LogP contribution in [0.2, 0.25) is 16.5 Å². The summed E-state index contributed by atoms with van der Waals surface area (Å²) in [5.41, 5.74) is 0. The molecular formula is C8H20Bi2O. The molecule has 0 radical (unpaired) electrons. The van der Waals surface area contributed by atoms with Crippen LogP contribution in [0.1, 0.15) is 27.7 Å². The maximum atomic E-state index is 6.25. The average molecular weight is 550 g/mol. The van der Waals surface area contributed by atoms with Gasteiger partial charge < -0.3 is 0 Å². The molecule has 0 aliphatic carbocycles. The van der Waals surface area contributed by atoms with E-state index < -0.39 is 44.4 Å². The van der Waals surface area contributed by atoms with Crippen LogP contribution in [0.3, 0.4) is 0 Å². The summed E-state index contributed by atoms with van der Waals surface area (Å²) < 4.78 is 11.9. The second-order valence-electron chi connectivity index (χ2n) is 2.31. The first kappa shape index (κ1) is 12.7. The van der Waals surface area contributed by atoms with E-state index >= 15 is 0 Å². The zero-order chi connectivity index (χ0) is 8.69. The summed E-state index contributed by atoms with van der Waals surface area (Å²) >= 11 is -2.58. The van der Waals surface area contributed by atoms with Crippen molar-refractivity contribution in [1.29, 1.82) is 0 Å². The zero-order valence-corrected chi connectivity index (χ0v) is 15.1. The first-order valence-corrected chi connectivity index (χ1v) is 17.1. The van der Waals surface area contributed by atoms with Gasteiger partial charge in [-0.25, -0.2) is 0 Å². The molecule has 0 aliphatic heterocycles. The van der Waals surface area contributed by atoms with Crippen molar-refractivity contribution < 1.29 is 0.889 Å². The molecule has 0 heterocycles. The van der Waals surface area contributed by atoms with Crippen LogP contribution in [0, 0.1) is 0 Å². The summed E-state index contributed by atoms with van der Waals surface area (Å²) in [7, 11) is 0. The molecule has 0 saturated heterocycles. The van der Waals surface area contributed by atoms with Crippen LogP contribution >= 0.6 is 0 Å². The molecule has 1 nitrogen and oxygen atoms in total. The Bertz CT molecular complexity index is 70.2. The van der Waals surface area contributed by atoms with Gasteiger partial charge in [0.2, 0.25) is 0 Å². The molecule has 0 aromatic heterocycles. The first-order valence-electron chi connectivity index (χ1n) is 4.46. The van der Waals surface area contributed by atoms with Gasteiger partial charge in [-0.15, -0.1) is 0 Å². The monoisotopic (exact) mass is 550 g/mol. The fourth-order valence-electron chi connectivity index (χ4n) is 0.841. The van der Waals surface area contributed by atoms with Crippen molar-refractivity contribution in [3.8, 4) is 0 Å². The molecule has 0 aromatic carbocycles. The van der Waals surface area contributed by atoms with E-state index in [-0.39, 0.29) is 0 Å². The van der Waals surface area contributed by atoms with E-state index in [0.29, 0.717) is 0 Å². The first-order chi connectivity index (χ1) is 5.28. The van der Waals surface area contributed by atoms with Gasteiger partial charge >= 0.3 is 89.5 Å². The topological polar surface area (TPSA) is 9.23 Å². The number of rotatable bonds is 6. The molecule has 0 atom stereocenters. The second kappa shape index (κ2) is 8.33. The minimum atomic E-state index is -1.29. The van der Waals surface area contributed by atoms with E-state index in [1.807, 2.05) is 0 Å². The van der Waals surface area contributed by atoms with Crippen LogP contribution in [0.5, 0.6) is 0 Å². The van der Waals surface area contributed by atoms with Gasteiger partial charge in [0.25, 0.3) is 0 Å². The van der Waals surface area contributed by atoms with E-state index in [2.05, 4.69) is 27.7 Å². The predicted molar refractivity (Wildman–Crippen MR) is 54.5 cm³/mol. The summed E-state index contributed by atoms with van der Waals surface area (Å²) in [4.78, 5) is 0. The van der Waals surface area contributed by atoms with Crippen LogP contribution in [0.15, 0.2) is 0 Å². The van der Waals surface area contributed by atoms with Crippen LogP contribution in [0.25, 0.3) is 0 Å². The third-order valence-electron chi connectivity index (χ3n) is 1.64. The fourth-order valence-corrected chi connectivity index (χ4v) is 34.3. The number of hydrogen-bond acceptors (Lipinski definition) is 1. The maximum absolute atomic E-state index is 6.25. The van der Waals surface area contributed by atoms with E-state index in [1.165, 1.54) is 16.5 Å². The molecule has 0 unspecified atom stereocenters. The normalized spacial score (nSPS) is 11.5. The van der Waals surface area contributed by atoms with Gasteiger partial charge in [0.1, 0.15) is 0 Å². The Balaban J connectivity index is 3.58. The molecule has 11 heavy (non-hydrogen) atoms. The van der Waals surface area contributed by atoms with Gasteiger partial charge in [0.15, 0.2) is 0 Å². The summed E-state index contributed by atoms with van der Waals surface area (Å²) in [5, 5.41) is 0. The molecule has 68 valence electrons. The predicted octanol–water partition coefficient (Wildman–Crippen LogP) is 3.07. The van der Waals surface area contributed by atoms with Crippen LogP contribution in [-0.2, 0) is 0.889 Å². The standard InChI is InChI=1S/4C2H5.2Bi.O/c4*1-2;;;/h4*1H2,2H3;;;. The quantitative estimate of drug-likeness (QED) is 0.463. The van der Waals surface area contributed by atoms with E-state index in [9.17, 15) is 0 Å². The van der Waals surface area contributed by atoms with Gasteiger partial charge in [-0.2, -0.15) is 0 Å². The van der Waals surface area contributed by atoms with Gasteiger partial charge in [0, 0.05) is 0 Å². The Morgan fingerprint density at radius 3 is 1.18 bits per heavy atom. The molecule has 0 fully saturated rings. The van der Waals surface area contributed by atoms with Gasteiger partial charge in [-0.1, -0.05) is 0 Å². The van der Waals surface area contributed by atoms with E-state index in [0.717, 1.165) is 0 Å². The van der Waals surface area contributed by atoms with Crippen LogP contribution in [-0.4, -0.2) is 44.4 Å². The minimum absolute atomic E-state index is 1.29. The van der Waals surface area contributed by atoms with Gasteiger partial charge in [-0.05, 0) is 0 Å². The van der Waals surface area contributed by atoms with Crippen molar-refractivity contribution in [2.45, 2.75) is 44.2 Å². The SMILES string of the molecule is C[CH2][Bi]([CH2]C)[O][Bi]([CH2]C)[CH2]C. The molecule has 0 saturated carbocycles. The Morgan fingerprint density at radius 1 is 0.727 bits per heavy atom. The molecule has 0 spiro atoms. The molecule has 0 amide bonds. The molecule has 0 bridgehead atoms. The van der Waals surface area contributed by atoms with Gasteiger partial charge in [0.05, 0.1) is 0 Å². The van der Waals surface area contributed by atoms with E-state index in [4.69, 9.17) is 0.889 Å². The third kappa shape index (κ3) is 5.89. The summed E-state index contributed by atoms with van der Waals surface area (Å²) in [6.45, 7) is 9.26. The van der Waals surface area contributed by atoms with Crippen molar-refractivity contribution in [2.75, 3.05) is 0 Å². The third-order valence-corrected chi connectivity index (χ3v) is 30.2. The molecule has 0 N–H and O–H groups in total. The zero-order valence-electron chi connectivity index (χ0n) is 8.13. The fraction of sp³-hybridized carbons (Fsp3) is 1.00. The summed E-state index contributed by atoms with van der Waals surface area (Å²) in [6.07, 6.45) is 0. The van der Waals surface area contributed by atoms with Crippen molar-refractivity contribution in [3.05, 3.63) is 0 Å². The molecule has 0 aliphatic rings. The average Bonchev–Trinajstić information content (AvgIpc) is 2.07.